The molecule has 2 aliphatic rings. The van der Waals surface area contributed by atoms with Crippen LogP contribution >= 0.6 is 0 Å². The summed E-state index contributed by atoms with van der Waals surface area (Å²) in [6, 6.07) is 0. The van der Waals surface area contributed by atoms with Gasteiger partial charge < -0.3 is 10.5 Å². The van der Waals surface area contributed by atoms with Crippen molar-refractivity contribution in [3.8, 4) is 0 Å². The molecule has 2 N–H and O–H groups in total. The van der Waals surface area contributed by atoms with Crippen LogP contribution in [0.15, 0.2) is 0 Å². The summed E-state index contributed by atoms with van der Waals surface area (Å²) in [5.41, 5.74) is 7.10. The number of nitrogens with two attached hydrogens (primary N) is 1. The first-order valence-corrected chi connectivity index (χ1v) is 6.90. The Labute approximate surface area is 99.9 Å². The Balaban J connectivity index is 1.82. The van der Waals surface area contributed by atoms with Crippen molar-refractivity contribution in [3.05, 3.63) is 0 Å². The molecule has 94 valence electrons. The van der Waals surface area contributed by atoms with Crippen molar-refractivity contribution in [2.24, 2.45) is 11.1 Å². The summed E-state index contributed by atoms with van der Waals surface area (Å²) in [7, 11) is 0. The van der Waals surface area contributed by atoms with Crippen molar-refractivity contribution in [2.45, 2.75) is 76.9 Å². The summed E-state index contributed by atoms with van der Waals surface area (Å²) in [5.74, 6) is 0. The minimum atomic E-state index is 0.0910. The van der Waals surface area contributed by atoms with E-state index in [1.54, 1.807) is 0 Å². The quantitative estimate of drug-likeness (QED) is 0.800. The molecule has 2 unspecified atom stereocenters. The molecule has 0 aromatic rings. The Bertz CT molecular complexity index is 233. The topological polar surface area (TPSA) is 35.2 Å². The van der Waals surface area contributed by atoms with Gasteiger partial charge in [0.2, 0.25) is 0 Å². The van der Waals surface area contributed by atoms with Crippen molar-refractivity contribution in [1.82, 2.24) is 0 Å². The van der Waals surface area contributed by atoms with Crippen LogP contribution in [0.1, 0.15) is 65.2 Å². The van der Waals surface area contributed by atoms with Gasteiger partial charge in [0.05, 0.1) is 6.10 Å². The zero-order valence-corrected chi connectivity index (χ0v) is 10.9. The van der Waals surface area contributed by atoms with Crippen molar-refractivity contribution < 1.29 is 4.74 Å². The second-order valence-electron chi connectivity index (χ2n) is 6.73. The Morgan fingerprint density at radius 3 is 2.69 bits per heavy atom. The molecule has 0 radical (unpaired) electrons. The van der Waals surface area contributed by atoms with E-state index in [4.69, 9.17) is 10.5 Å². The molecule has 2 fully saturated rings. The fourth-order valence-electron chi connectivity index (χ4n) is 3.58. The molecule has 2 nitrogen and oxygen atoms in total. The van der Waals surface area contributed by atoms with Crippen LogP contribution in [0.3, 0.4) is 0 Å². The van der Waals surface area contributed by atoms with E-state index < -0.39 is 0 Å². The van der Waals surface area contributed by atoms with Crippen molar-refractivity contribution in [2.75, 3.05) is 6.61 Å². The Hall–Kier alpha value is -0.0800. The highest BCUT2D eigenvalue weighted by molar-refractivity contribution is 4.94. The van der Waals surface area contributed by atoms with Gasteiger partial charge in [-0.05, 0) is 50.4 Å². The third-order valence-corrected chi connectivity index (χ3v) is 4.35. The van der Waals surface area contributed by atoms with Crippen LogP contribution in [0.25, 0.3) is 0 Å². The van der Waals surface area contributed by atoms with Crippen LogP contribution < -0.4 is 5.73 Å². The summed E-state index contributed by atoms with van der Waals surface area (Å²) in [5, 5.41) is 0. The summed E-state index contributed by atoms with van der Waals surface area (Å²) in [4.78, 5) is 0. The number of rotatable bonds is 3. The Morgan fingerprint density at radius 1 is 1.25 bits per heavy atom. The third kappa shape index (κ3) is 3.21. The van der Waals surface area contributed by atoms with Crippen molar-refractivity contribution in [3.63, 3.8) is 0 Å². The second-order valence-corrected chi connectivity index (χ2v) is 6.73. The molecule has 0 spiro atoms. The van der Waals surface area contributed by atoms with E-state index in [-0.39, 0.29) is 5.54 Å². The first-order chi connectivity index (χ1) is 7.49. The second kappa shape index (κ2) is 4.66. The SMILES string of the molecule is CC1(C)CCCC(N)(CCC2CCCO2)C1. The molecular weight excluding hydrogens is 198 g/mol. The number of hydrogen-bond donors (Lipinski definition) is 1. The molecule has 2 rings (SSSR count). The van der Waals surface area contributed by atoms with Crippen molar-refractivity contribution in [1.29, 1.82) is 0 Å². The first-order valence-electron chi connectivity index (χ1n) is 6.90. The fourth-order valence-corrected chi connectivity index (χ4v) is 3.58. The minimum absolute atomic E-state index is 0.0910. The van der Waals surface area contributed by atoms with Crippen LogP contribution in [0.5, 0.6) is 0 Å². The van der Waals surface area contributed by atoms with Gasteiger partial charge in [-0.3, -0.25) is 0 Å². The maximum Gasteiger partial charge on any atom is 0.0576 e. The normalized spacial score (nSPS) is 38.8. The summed E-state index contributed by atoms with van der Waals surface area (Å²) >= 11 is 0. The van der Waals surface area contributed by atoms with Gasteiger partial charge in [0.15, 0.2) is 0 Å². The molecule has 1 saturated carbocycles. The minimum Gasteiger partial charge on any atom is -0.378 e. The fraction of sp³-hybridized carbons (Fsp3) is 1.00. The zero-order chi connectivity index (χ0) is 11.6. The lowest BCUT2D eigenvalue weighted by Gasteiger charge is -2.43. The standard InChI is InChI=1S/C14H27NO/c1-13(2)7-4-8-14(15,11-13)9-6-12-5-3-10-16-12/h12H,3-11,15H2,1-2H3. The predicted octanol–water partition coefficient (Wildman–Crippen LogP) is 3.24. The third-order valence-electron chi connectivity index (χ3n) is 4.35. The average Bonchev–Trinajstić information content (AvgIpc) is 2.65. The summed E-state index contributed by atoms with van der Waals surface area (Å²) < 4.78 is 5.69. The van der Waals surface area contributed by atoms with Crippen LogP contribution in [0.4, 0.5) is 0 Å². The van der Waals surface area contributed by atoms with Crippen LogP contribution in [0.2, 0.25) is 0 Å². The van der Waals surface area contributed by atoms with E-state index in [1.807, 2.05) is 0 Å². The molecule has 0 bridgehead atoms. The monoisotopic (exact) mass is 225 g/mol. The van der Waals surface area contributed by atoms with E-state index in [0.29, 0.717) is 11.5 Å². The van der Waals surface area contributed by atoms with E-state index in [0.717, 1.165) is 13.0 Å². The first kappa shape index (κ1) is 12.4. The van der Waals surface area contributed by atoms with Gasteiger partial charge >= 0.3 is 0 Å². The van der Waals surface area contributed by atoms with Gasteiger partial charge in [0.25, 0.3) is 0 Å². The van der Waals surface area contributed by atoms with E-state index in [9.17, 15) is 0 Å². The molecule has 0 aromatic carbocycles. The lowest BCUT2D eigenvalue weighted by atomic mass is 9.67. The van der Waals surface area contributed by atoms with Crippen LogP contribution in [-0.2, 0) is 4.74 Å². The molecule has 1 heterocycles. The molecule has 1 aliphatic carbocycles. The average molecular weight is 225 g/mol. The molecule has 0 amide bonds. The molecule has 1 saturated heterocycles. The zero-order valence-electron chi connectivity index (χ0n) is 10.9. The van der Waals surface area contributed by atoms with E-state index in [2.05, 4.69) is 13.8 Å². The number of ether oxygens (including phenoxy) is 1. The summed E-state index contributed by atoms with van der Waals surface area (Å²) in [6.07, 6.45) is 10.4. The Kier molecular flexibility index (Phi) is 3.60. The lowest BCUT2D eigenvalue weighted by molar-refractivity contribution is 0.0804. The maximum absolute atomic E-state index is 6.56. The predicted molar refractivity (Wildman–Crippen MR) is 67.4 cm³/mol. The molecule has 16 heavy (non-hydrogen) atoms. The van der Waals surface area contributed by atoms with Crippen LogP contribution in [0, 0.1) is 5.41 Å². The molecule has 0 aromatic heterocycles. The van der Waals surface area contributed by atoms with E-state index >= 15 is 0 Å². The van der Waals surface area contributed by atoms with Gasteiger partial charge in [-0.1, -0.05) is 20.3 Å². The lowest BCUT2D eigenvalue weighted by Crippen LogP contribution is -2.47. The van der Waals surface area contributed by atoms with Gasteiger partial charge in [0, 0.05) is 12.1 Å². The van der Waals surface area contributed by atoms with Gasteiger partial charge in [0.1, 0.15) is 0 Å². The van der Waals surface area contributed by atoms with Gasteiger partial charge in [-0.2, -0.15) is 0 Å². The highest BCUT2D eigenvalue weighted by Crippen LogP contribution is 2.42. The van der Waals surface area contributed by atoms with Gasteiger partial charge in [-0.15, -0.1) is 0 Å². The highest BCUT2D eigenvalue weighted by atomic mass is 16.5. The Morgan fingerprint density at radius 2 is 2.06 bits per heavy atom. The highest BCUT2D eigenvalue weighted by Gasteiger charge is 2.37. The van der Waals surface area contributed by atoms with Gasteiger partial charge in [-0.25, -0.2) is 0 Å². The van der Waals surface area contributed by atoms with Crippen LogP contribution in [-0.4, -0.2) is 18.2 Å². The van der Waals surface area contributed by atoms with Crippen molar-refractivity contribution >= 4 is 0 Å². The smallest absolute Gasteiger partial charge is 0.0576 e. The van der Waals surface area contributed by atoms with E-state index in [1.165, 1.54) is 44.9 Å². The molecule has 2 atom stereocenters. The maximum atomic E-state index is 6.56. The summed E-state index contributed by atoms with van der Waals surface area (Å²) in [6.45, 7) is 5.69. The molecule has 1 aliphatic heterocycles. The number of hydrogen-bond acceptors (Lipinski definition) is 2. The largest absolute Gasteiger partial charge is 0.378 e. The molecule has 2 heteroatoms. The molecular formula is C14H27NO.